The fourth-order valence-corrected chi connectivity index (χ4v) is 2.39. The Kier molecular flexibility index (Phi) is 3.68. The van der Waals surface area contributed by atoms with Gasteiger partial charge in [0.15, 0.2) is 0 Å². The van der Waals surface area contributed by atoms with Gasteiger partial charge in [0.2, 0.25) is 0 Å². The van der Waals surface area contributed by atoms with Gasteiger partial charge in [-0.2, -0.15) is 0 Å². The Morgan fingerprint density at radius 1 is 1.56 bits per heavy atom. The van der Waals surface area contributed by atoms with Gasteiger partial charge >= 0.3 is 0 Å². The molecule has 0 aliphatic carbocycles. The maximum absolute atomic E-state index is 5.78. The van der Waals surface area contributed by atoms with E-state index in [2.05, 4.69) is 0 Å². The van der Waals surface area contributed by atoms with E-state index in [0.717, 1.165) is 16.2 Å². The molecule has 1 aliphatic heterocycles. The van der Waals surface area contributed by atoms with Crippen LogP contribution in [0.1, 0.15) is 5.56 Å². The summed E-state index contributed by atoms with van der Waals surface area (Å²) >= 11 is 6.68. The quantitative estimate of drug-likeness (QED) is 0.657. The molecule has 5 heteroatoms. The summed E-state index contributed by atoms with van der Waals surface area (Å²) in [5.41, 5.74) is 6.56. The molecule has 0 bridgehead atoms. The van der Waals surface area contributed by atoms with E-state index in [1.807, 2.05) is 24.5 Å². The normalized spacial score (nSPS) is 15.6. The summed E-state index contributed by atoms with van der Waals surface area (Å²) in [5.74, 6) is 0.757. The van der Waals surface area contributed by atoms with E-state index < -0.39 is 0 Å². The Bertz CT molecular complexity index is 405. The maximum atomic E-state index is 5.78. The van der Waals surface area contributed by atoms with Crippen LogP contribution in [0.2, 0.25) is 0 Å². The van der Waals surface area contributed by atoms with Crippen molar-refractivity contribution in [2.24, 2.45) is 5.73 Å². The lowest BCUT2D eigenvalue weighted by molar-refractivity contribution is -0.0798. The minimum Gasteiger partial charge on any atom is -0.485 e. The van der Waals surface area contributed by atoms with Crippen molar-refractivity contribution in [3.63, 3.8) is 0 Å². The minimum absolute atomic E-state index is 0.130. The molecule has 86 valence electrons. The number of ether oxygens (including phenoxy) is 2. The van der Waals surface area contributed by atoms with Gasteiger partial charge in [-0.1, -0.05) is 18.3 Å². The first-order valence-electron chi connectivity index (χ1n) is 4.93. The Balaban J connectivity index is 2.30. The molecule has 1 saturated heterocycles. The lowest BCUT2D eigenvalue weighted by atomic mass is 10.2. The van der Waals surface area contributed by atoms with Crippen molar-refractivity contribution in [1.29, 1.82) is 0 Å². The number of nitrogens with two attached hydrogens (primary N) is 1. The van der Waals surface area contributed by atoms with Crippen LogP contribution in [0.5, 0.6) is 5.75 Å². The predicted molar refractivity (Wildman–Crippen MR) is 69.3 cm³/mol. The third-order valence-corrected chi connectivity index (χ3v) is 3.34. The van der Waals surface area contributed by atoms with Gasteiger partial charge in [0.25, 0.3) is 0 Å². The van der Waals surface area contributed by atoms with Crippen molar-refractivity contribution >= 4 is 29.0 Å². The smallest absolute Gasteiger partial charge is 0.145 e. The lowest BCUT2D eigenvalue weighted by Crippen LogP contribution is -2.39. The molecule has 2 N–H and O–H groups in total. The van der Waals surface area contributed by atoms with E-state index in [1.54, 1.807) is 11.8 Å². The van der Waals surface area contributed by atoms with Crippen molar-refractivity contribution in [2.75, 3.05) is 19.5 Å². The van der Waals surface area contributed by atoms with Crippen LogP contribution >= 0.6 is 24.0 Å². The summed E-state index contributed by atoms with van der Waals surface area (Å²) in [6.07, 6.45) is 2.12. The molecule has 3 nitrogen and oxygen atoms in total. The number of rotatable bonds is 4. The van der Waals surface area contributed by atoms with Gasteiger partial charge in [0.05, 0.1) is 18.8 Å². The van der Waals surface area contributed by atoms with Crippen LogP contribution in [0, 0.1) is 0 Å². The molecule has 0 spiro atoms. The number of thiocarbonyl (C=S) groups is 1. The van der Waals surface area contributed by atoms with Crippen LogP contribution in [0.3, 0.4) is 0 Å². The molecule has 0 saturated carbocycles. The van der Waals surface area contributed by atoms with Crippen molar-refractivity contribution < 1.29 is 9.47 Å². The van der Waals surface area contributed by atoms with Gasteiger partial charge < -0.3 is 15.2 Å². The second kappa shape index (κ2) is 5.03. The number of thioether (sulfide) groups is 1. The van der Waals surface area contributed by atoms with Gasteiger partial charge in [-0.05, 0) is 18.4 Å². The third kappa shape index (κ3) is 2.31. The van der Waals surface area contributed by atoms with Crippen molar-refractivity contribution in [2.45, 2.75) is 11.0 Å². The lowest BCUT2D eigenvalue weighted by Gasteiger charge is -2.28. The zero-order valence-corrected chi connectivity index (χ0v) is 10.6. The van der Waals surface area contributed by atoms with Crippen molar-refractivity contribution in [3.8, 4) is 5.75 Å². The zero-order valence-electron chi connectivity index (χ0n) is 8.93. The summed E-state index contributed by atoms with van der Waals surface area (Å²) in [4.78, 5) is 1.42. The summed E-state index contributed by atoms with van der Waals surface area (Å²) in [5, 5.41) is 0. The standard InChI is InChI=1S/C11H13NO2S2/c1-16-9-4-2-3-8(10(9)11(12)15)14-7-5-13-6-7/h2-4,7H,5-6H2,1H3,(H2,12,15). The van der Waals surface area contributed by atoms with Gasteiger partial charge in [0.1, 0.15) is 16.8 Å². The van der Waals surface area contributed by atoms with E-state index in [1.165, 1.54) is 0 Å². The van der Waals surface area contributed by atoms with Crippen LogP contribution in [0.25, 0.3) is 0 Å². The highest BCUT2D eigenvalue weighted by atomic mass is 32.2. The molecule has 0 unspecified atom stereocenters. The Morgan fingerprint density at radius 3 is 2.81 bits per heavy atom. The van der Waals surface area contributed by atoms with Gasteiger partial charge in [-0.25, -0.2) is 0 Å². The SMILES string of the molecule is CSc1cccc(OC2COC2)c1C(N)=S. The number of benzene rings is 1. The summed E-state index contributed by atoms with van der Waals surface area (Å²) in [6.45, 7) is 1.28. The molecule has 1 aromatic carbocycles. The first-order chi connectivity index (χ1) is 7.72. The average Bonchev–Trinajstić information content (AvgIpc) is 2.22. The second-order valence-electron chi connectivity index (χ2n) is 3.47. The molecule has 1 aliphatic rings. The molecular weight excluding hydrogens is 242 g/mol. The molecule has 16 heavy (non-hydrogen) atoms. The summed E-state index contributed by atoms with van der Waals surface area (Å²) in [7, 11) is 0. The van der Waals surface area contributed by atoms with E-state index in [-0.39, 0.29) is 6.10 Å². The molecule has 0 atom stereocenters. The first kappa shape index (κ1) is 11.7. The van der Waals surface area contributed by atoms with E-state index in [0.29, 0.717) is 18.2 Å². The monoisotopic (exact) mass is 255 g/mol. The largest absolute Gasteiger partial charge is 0.485 e. The van der Waals surface area contributed by atoms with Gasteiger partial charge in [-0.15, -0.1) is 11.8 Å². The molecule has 1 heterocycles. The molecule has 0 aromatic heterocycles. The van der Waals surface area contributed by atoms with Crippen LogP contribution in [-0.2, 0) is 4.74 Å². The number of hydrogen-bond acceptors (Lipinski definition) is 4. The number of hydrogen-bond donors (Lipinski definition) is 1. The predicted octanol–water partition coefficient (Wildman–Crippen LogP) is 1.82. The van der Waals surface area contributed by atoms with Crippen LogP contribution in [-0.4, -0.2) is 30.6 Å². The van der Waals surface area contributed by atoms with Crippen molar-refractivity contribution in [1.82, 2.24) is 0 Å². The highest BCUT2D eigenvalue weighted by Crippen LogP contribution is 2.30. The minimum atomic E-state index is 0.130. The average molecular weight is 255 g/mol. The first-order valence-corrected chi connectivity index (χ1v) is 6.57. The Morgan fingerprint density at radius 2 is 2.31 bits per heavy atom. The van der Waals surface area contributed by atoms with E-state index >= 15 is 0 Å². The Hall–Kier alpha value is -0.780. The highest BCUT2D eigenvalue weighted by molar-refractivity contribution is 7.98. The van der Waals surface area contributed by atoms with Crippen LogP contribution < -0.4 is 10.5 Å². The molecule has 0 amide bonds. The molecular formula is C11H13NO2S2. The zero-order chi connectivity index (χ0) is 11.5. The molecule has 1 fully saturated rings. The topological polar surface area (TPSA) is 44.5 Å². The van der Waals surface area contributed by atoms with Gasteiger partial charge in [0, 0.05) is 4.90 Å². The third-order valence-electron chi connectivity index (χ3n) is 2.36. The van der Waals surface area contributed by atoms with E-state index in [9.17, 15) is 0 Å². The fraction of sp³-hybridized carbons (Fsp3) is 0.364. The van der Waals surface area contributed by atoms with Gasteiger partial charge in [-0.3, -0.25) is 0 Å². The molecule has 0 radical (unpaired) electrons. The van der Waals surface area contributed by atoms with E-state index in [4.69, 9.17) is 27.4 Å². The maximum Gasteiger partial charge on any atom is 0.145 e. The summed E-state index contributed by atoms with van der Waals surface area (Å²) in [6, 6.07) is 5.83. The Labute approximate surface area is 104 Å². The second-order valence-corrected chi connectivity index (χ2v) is 4.76. The summed E-state index contributed by atoms with van der Waals surface area (Å²) < 4.78 is 10.8. The molecule has 2 rings (SSSR count). The molecule has 1 aromatic rings. The highest BCUT2D eigenvalue weighted by Gasteiger charge is 2.22. The van der Waals surface area contributed by atoms with Crippen LogP contribution in [0.15, 0.2) is 23.1 Å². The fourth-order valence-electron chi connectivity index (χ4n) is 1.48. The van der Waals surface area contributed by atoms with Crippen molar-refractivity contribution in [3.05, 3.63) is 23.8 Å². The van der Waals surface area contributed by atoms with Crippen LogP contribution in [0.4, 0.5) is 0 Å².